The SMILES string of the molecule is O=C(NC1CCC(Oc2cnccn2)CC1)c1cccc(Br)c1. The zero-order chi connectivity index (χ0) is 16.1. The van der Waals surface area contributed by atoms with Crippen LogP contribution in [0.5, 0.6) is 5.88 Å². The number of nitrogens with zero attached hydrogens (tertiary/aromatic N) is 2. The average molecular weight is 376 g/mol. The first-order chi connectivity index (χ1) is 11.2. The molecule has 1 N–H and O–H groups in total. The van der Waals surface area contributed by atoms with Crippen molar-refractivity contribution in [1.29, 1.82) is 0 Å². The molecule has 0 atom stereocenters. The molecule has 0 aliphatic heterocycles. The molecule has 1 saturated carbocycles. The highest BCUT2D eigenvalue weighted by Crippen LogP contribution is 2.23. The van der Waals surface area contributed by atoms with E-state index in [1.807, 2.05) is 24.3 Å². The van der Waals surface area contributed by atoms with E-state index in [-0.39, 0.29) is 18.1 Å². The van der Waals surface area contributed by atoms with Gasteiger partial charge in [-0.2, -0.15) is 0 Å². The van der Waals surface area contributed by atoms with Gasteiger partial charge in [-0.1, -0.05) is 22.0 Å². The van der Waals surface area contributed by atoms with E-state index < -0.39 is 0 Å². The van der Waals surface area contributed by atoms with Gasteiger partial charge >= 0.3 is 0 Å². The Morgan fingerprint density at radius 1 is 1.22 bits per heavy atom. The average Bonchev–Trinajstić information content (AvgIpc) is 2.57. The second-order valence-corrected chi connectivity index (χ2v) is 6.53. The highest BCUT2D eigenvalue weighted by molar-refractivity contribution is 9.10. The van der Waals surface area contributed by atoms with Gasteiger partial charge in [-0.15, -0.1) is 0 Å². The van der Waals surface area contributed by atoms with Gasteiger partial charge in [0.15, 0.2) is 0 Å². The lowest BCUT2D eigenvalue weighted by Crippen LogP contribution is -2.39. The fourth-order valence-corrected chi connectivity index (χ4v) is 3.14. The van der Waals surface area contributed by atoms with Crippen molar-refractivity contribution >= 4 is 21.8 Å². The van der Waals surface area contributed by atoms with E-state index in [4.69, 9.17) is 4.74 Å². The monoisotopic (exact) mass is 375 g/mol. The maximum absolute atomic E-state index is 12.3. The lowest BCUT2D eigenvalue weighted by Gasteiger charge is -2.29. The first-order valence-electron chi connectivity index (χ1n) is 7.70. The second-order valence-electron chi connectivity index (χ2n) is 5.62. The van der Waals surface area contributed by atoms with Gasteiger partial charge in [0, 0.05) is 28.5 Å². The van der Waals surface area contributed by atoms with Crippen LogP contribution in [0.25, 0.3) is 0 Å². The Labute approximate surface area is 143 Å². The van der Waals surface area contributed by atoms with E-state index in [1.165, 1.54) is 0 Å². The predicted molar refractivity (Wildman–Crippen MR) is 90.3 cm³/mol. The van der Waals surface area contributed by atoms with Crippen molar-refractivity contribution in [3.8, 4) is 5.88 Å². The summed E-state index contributed by atoms with van der Waals surface area (Å²) in [6.07, 6.45) is 8.64. The first-order valence-corrected chi connectivity index (χ1v) is 8.49. The molecule has 120 valence electrons. The summed E-state index contributed by atoms with van der Waals surface area (Å²) in [5.74, 6) is 0.540. The lowest BCUT2D eigenvalue weighted by atomic mass is 9.92. The van der Waals surface area contributed by atoms with Gasteiger partial charge in [0.2, 0.25) is 5.88 Å². The zero-order valence-electron chi connectivity index (χ0n) is 12.6. The maximum Gasteiger partial charge on any atom is 0.251 e. The Bertz CT molecular complexity index is 658. The van der Waals surface area contributed by atoms with Gasteiger partial charge in [0.05, 0.1) is 6.20 Å². The first kappa shape index (κ1) is 15.9. The van der Waals surface area contributed by atoms with Crippen molar-refractivity contribution in [2.75, 3.05) is 0 Å². The minimum Gasteiger partial charge on any atom is -0.473 e. The molecule has 1 aromatic heterocycles. The molecule has 0 spiro atoms. The molecule has 23 heavy (non-hydrogen) atoms. The topological polar surface area (TPSA) is 64.1 Å². The molecule has 1 aliphatic rings. The van der Waals surface area contributed by atoms with Crippen molar-refractivity contribution < 1.29 is 9.53 Å². The number of aromatic nitrogens is 2. The Morgan fingerprint density at radius 3 is 2.74 bits per heavy atom. The van der Waals surface area contributed by atoms with Gasteiger partial charge in [0.25, 0.3) is 5.91 Å². The summed E-state index contributed by atoms with van der Waals surface area (Å²) in [7, 11) is 0. The lowest BCUT2D eigenvalue weighted by molar-refractivity contribution is 0.0889. The molecule has 1 aliphatic carbocycles. The number of hydrogen-bond acceptors (Lipinski definition) is 4. The highest BCUT2D eigenvalue weighted by Gasteiger charge is 2.24. The summed E-state index contributed by atoms with van der Waals surface area (Å²) < 4.78 is 6.72. The quantitative estimate of drug-likeness (QED) is 0.889. The Balaban J connectivity index is 1.48. The number of ether oxygens (including phenoxy) is 1. The van der Waals surface area contributed by atoms with E-state index in [0.29, 0.717) is 11.4 Å². The van der Waals surface area contributed by atoms with Crippen LogP contribution in [0.3, 0.4) is 0 Å². The number of rotatable bonds is 4. The minimum absolute atomic E-state index is 0.0235. The van der Waals surface area contributed by atoms with Gasteiger partial charge in [0.1, 0.15) is 6.10 Å². The van der Waals surface area contributed by atoms with Crippen molar-refractivity contribution in [2.24, 2.45) is 0 Å². The Kier molecular flexibility index (Phi) is 5.23. The number of carbonyl (C=O) groups is 1. The highest BCUT2D eigenvalue weighted by atomic mass is 79.9. The third-order valence-electron chi connectivity index (χ3n) is 3.92. The molecule has 5 nitrogen and oxygen atoms in total. The van der Waals surface area contributed by atoms with Crippen LogP contribution in [0.15, 0.2) is 47.3 Å². The third kappa shape index (κ3) is 4.51. The van der Waals surface area contributed by atoms with Crippen LogP contribution >= 0.6 is 15.9 Å². The number of amides is 1. The number of nitrogens with one attached hydrogen (secondary N) is 1. The second kappa shape index (κ2) is 7.55. The van der Waals surface area contributed by atoms with E-state index >= 15 is 0 Å². The summed E-state index contributed by atoms with van der Waals surface area (Å²) in [5, 5.41) is 3.10. The van der Waals surface area contributed by atoms with Crippen LogP contribution in [0, 0.1) is 0 Å². The molecule has 1 heterocycles. The molecule has 0 unspecified atom stereocenters. The molecule has 6 heteroatoms. The smallest absolute Gasteiger partial charge is 0.251 e. The standard InChI is InChI=1S/C17H18BrN3O2/c18-13-3-1-2-12(10-13)17(22)21-14-4-6-15(7-5-14)23-16-11-19-8-9-20-16/h1-3,8-11,14-15H,4-7H2,(H,21,22). The van der Waals surface area contributed by atoms with Crippen molar-refractivity contribution in [3.05, 3.63) is 52.9 Å². The number of hydrogen-bond donors (Lipinski definition) is 1. The molecule has 2 aromatic rings. The summed E-state index contributed by atoms with van der Waals surface area (Å²) >= 11 is 3.39. The summed E-state index contributed by atoms with van der Waals surface area (Å²) in [6.45, 7) is 0. The summed E-state index contributed by atoms with van der Waals surface area (Å²) in [6, 6.07) is 7.63. The van der Waals surface area contributed by atoms with Gasteiger partial charge in [-0.25, -0.2) is 4.98 Å². The van der Waals surface area contributed by atoms with Crippen LogP contribution in [0.1, 0.15) is 36.0 Å². The molecule has 0 bridgehead atoms. The third-order valence-corrected chi connectivity index (χ3v) is 4.42. The van der Waals surface area contributed by atoms with E-state index in [9.17, 15) is 4.79 Å². The Morgan fingerprint density at radius 2 is 2.04 bits per heavy atom. The zero-order valence-corrected chi connectivity index (χ0v) is 14.2. The summed E-state index contributed by atoms with van der Waals surface area (Å²) in [5.41, 5.74) is 0.678. The van der Waals surface area contributed by atoms with Crippen LogP contribution in [0.2, 0.25) is 0 Å². The maximum atomic E-state index is 12.3. The molecule has 3 rings (SSSR count). The molecule has 1 fully saturated rings. The molecular formula is C17H18BrN3O2. The molecular weight excluding hydrogens is 358 g/mol. The van der Waals surface area contributed by atoms with Crippen molar-refractivity contribution in [1.82, 2.24) is 15.3 Å². The summed E-state index contributed by atoms with van der Waals surface area (Å²) in [4.78, 5) is 20.4. The van der Waals surface area contributed by atoms with Gasteiger partial charge in [-0.05, 0) is 43.9 Å². The molecule has 0 radical (unpaired) electrons. The number of halogens is 1. The van der Waals surface area contributed by atoms with Crippen LogP contribution in [0.4, 0.5) is 0 Å². The molecule has 0 saturated heterocycles. The Hall–Kier alpha value is -1.95. The predicted octanol–water partition coefficient (Wildman–Crippen LogP) is 3.36. The van der Waals surface area contributed by atoms with Crippen molar-refractivity contribution in [2.45, 2.75) is 37.8 Å². The fourth-order valence-electron chi connectivity index (χ4n) is 2.74. The van der Waals surface area contributed by atoms with Crippen LogP contribution < -0.4 is 10.1 Å². The van der Waals surface area contributed by atoms with E-state index in [1.54, 1.807) is 18.6 Å². The van der Waals surface area contributed by atoms with Gasteiger partial charge < -0.3 is 10.1 Å². The van der Waals surface area contributed by atoms with Crippen LogP contribution in [-0.4, -0.2) is 28.0 Å². The van der Waals surface area contributed by atoms with E-state index in [2.05, 4.69) is 31.2 Å². The number of carbonyl (C=O) groups excluding carboxylic acids is 1. The molecule has 1 aromatic carbocycles. The molecule has 1 amide bonds. The van der Waals surface area contributed by atoms with Crippen LogP contribution in [-0.2, 0) is 0 Å². The number of benzene rings is 1. The van der Waals surface area contributed by atoms with E-state index in [0.717, 1.165) is 30.2 Å². The van der Waals surface area contributed by atoms with Gasteiger partial charge in [-0.3, -0.25) is 9.78 Å². The minimum atomic E-state index is -0.0235. The largest absolute Gasteiger partial charge is 0.473 e. The fraction of sp³-hybridized carbons (Fsp3) is 0.353. The normalized spacial score (nSPS) is 20.7. The van der Waals surface area contributed by atoms with Crippen molar-refractivity contribution in [3.63, 3.8) is 0 Å².